The van der Waals surface area contributed by atoms with Gasteiger partial charge in [-0.1, -0.05) is 13.8 Å². The first-order valence-electron chi connectivity index (χ1n) is 5.73. The standard InChI is InChI=1S/C12H15I2N3S/c1-8(2)15-5-9-3-4-10(18-9)6-17-7-16-11(13)12(17)14/h3-4,7-8,15H,5-6H2,1-2H3. The van der Waals surface area contributed by atoms with Gasteiger partial charge in [0.1, 0.15) is 7.40 Å². The molecule has 3 nitrogen and oxygen atoms in total. The lowest BCUT2D eigenvalue weighted by molar-refractivity contribution is 0.593. The van der Waals surface area contributed by atoms with Crippen molar-refractivity contribution in [2.24, 2.45) is 0 Å². The smallest absolute Gasteiger partial charge is 0.132 e. The lowest BCUT2D eigenvalue weighted by atomic mass is 10.3. The van der Waals surface area contributed by atoms with Gasteiger partial charge in [0, 0.05) is 22.3 Å². The average molecular weight is 487 g/mol. The minimum absolute atomic E-state index is 0.534. The van der Waals surface area contributed by atoms with Crippen molar-refractivity contribution in [1.82, 2.24) is 14.9 Å². The Bertz CT molecular complexity index is 519. The Morgan fingerprint density at radius 2 is 2.06 bits per heavy atom. The van der Waals surface area contributed by atoms with Crippen LogP contribution in [0.4, 0.5) is 0 Å². The summed E-state index contributed by atoms with van der Waals surface area (Å²) in [5, 5.41) is 3.44. The summed E-state index contributed by atoms with van der Waals surface area (Å²) in [7, 11) is 0. The number of nitrogens with zero attached hydrogens (tertiary/aromatic N) is 2. The molecule has 0 amide bonds. The maximum absolute atomic E-state index is 4.31. The summed E-state index contributed by atoms with van der Waals surface area (Å²) < 4.78 is 4.48. The fraction of sp³-hybridized carbons (Fsp3) is 0.417. The molecule has 2 rings (SSSR count). The maximum Gasteiger partial charge on any atom is 0.132 e. The number of rotatable bonds is 5. The highest BCUT2D eigenvalue weighted by atomic mass is 127. The number of thiophene rings is 1. The summed E-state index contributed by atoms with van der Waals surface area (Å²) in [5.41, 5.74) is 0. The molecule has 0 saturated carbocycles. The number of halogens is 2. The van der Waals surface area contributed by atoms with Gasteiger partial charge in [-0.05, 0) is 57.3 Å². The molecule has 0 unspecified atom stereocenters. The Hall–Kier alpha value is 0.330. The van der Waals surface area contributed by atoms with Crippen molar-refractivity contribution in [1.29, 1.82) is 0 Å². The third-order valence-electron chi connectivity index (χ3n) is 2.46. The molecule has 0 radical (unpaired) electrons. The highest BCUT2D eigenvalue weighted by Crippen LogP contribution is 2.20. The van der Waals surface area contributed by atoms with E-state index in [-0.39, 0.29) is 0 Å². The Labute approximate surface area is 139 Å². The molecule has 2 heterocycles. The second-order valence-corrected chi connectivity index (χ2v) is 7.65. The first-order chi connectivity index (χ1) is 8.56. The van der Waals surface area contributed by atoms with Gasteiger partial charge in [0.25, 0.3) is 0 Å². The van der Waals surface area contributed by atoms with Crippen LogP contribution in [0.5, 0.6) is 0 Å². The van der Waals surface area contributed by atoms with Crippen LogP contribution in [-0.2, 0) is 13.1 Å². The largest absolute Gasteiger partial charge is 0.320 e. The van der Waals surface area contributed by atoms with Crippen LogP contribution in [0, 0.1) is 7.40 Å². The maximum atomic E-state index is 4.31. The molecule has 18 heavy (non-hydrogen) atoms. The highest BCUT2D eigenvalue weighted by Gasteiger charge is 2.07. The van der Waals surface area contributed by atoms with E-state index in [0.29, 0.717) is 6.04 Å². The zero-order valence-electron chi connectivity index (χ0n) is 10.3. The predicted molar refractivity (Wildman–Crippen MR) is 93.1 cm³/mol. The lowest BCUT2D eigenvalue weighted by Gasteiger charge is -2.05. The van der Waals surface area contributed by atoms with Crippen molar-refractivity contribution in [3.8, 4) is 0 Å². The van der Waals surface area contributed by atoms with Crippen LogP contribution in [0.2, 0.25) is 0 Å². The fourth-order valence-corrected chi connectivity index (χ4v) is 3.36. The van der Waals surface area contributed by atoms with Crippen molar-refractivity contribution in [2.45, 2.75) is 33.0 Å². The van der Waals surface area contributed by atoms with Gasteiger partial charge < -0.3 is 9.88 Å². The topological polar surface area (TPSA) is 29.9 Å². The van der Waals surface area contributed by atoms with Gasteiger partial charge in [-0.2, -0.15) is 0 Å². The molecule has 0 aliphatic rings. The summed E-state index contributed by atoms with van der Waals surface area (Å²) in [6.45, 7) is 6.22. The van der Waals surface area contributed by atoms with Crippen LogP contribution < -0.4 is 5.32 Å². The molecular formula is C12H15I2N3S. The van der Waals surface area contributed by atoms with E-state index in [1.807, 2.05) is 17.7 Å². The zero-order chi connectivity index (χ0) is 13.1. The summed E-state index contributed by atoms with van der Waals surface area (Å²) in [4.78, 5) is 7.08. The third-order valence-corrected chi connectivity index (χ3v) is 6.48. The lowest BCUT2D eigenvalue weighted by Crippen LogP contribution is -2.21. The minimum atomic E-state index is 0.534. The van der Waals surface area contributed by atoms with Crippen molar-refractivity contribution in [3.05, 3.63) is 35.6 Å². The van der Waals surface area contributed by atoms with E-state index in [1.165, 1.54) is 13.5 Å². The van der Waals surface area contributed by atoms with Gasteiger partial charge in [0.05, 0.1) is 12.9 Å². The van der Waals surface area contributed by atoms with Gasteiger partial charge >= 0.3 is 0 Å². The summed E-state index contributed by atoms with van der Waals surface area (Å²) >= 11 is 6.48. The first-order valence-corrected chi connectivity index (χ1v) is 8.70. The van der Waals surface area contributed by atoms with Crippen LogP contribution in [0.3, 0.4) is 0 Å². The zero-order valence-corrected chi connectivity index (χ0v) is 15.4. The predicted octanol–water partition coefficient (Wildman–Crippen LogP) is 3.70. The Morgan fingerprint density at radius 3 is 2.67 bits per heavy atom. The number of nitrogens with one attached hydrogen (secondary N) is 1. The van der Waals surface area contributed by atoms with Crippen LogP contribution in [0.15, 0.2) is 18.5 Å². The van der Waals surface area contributed by atoms with Gasteiger partial charge in [-0.25, -0.2) is 4.98 Å². The molecule has 0 spiro atoms. The first kappa shape index (κ1) is 14.7. The molecule has 0 atom stereocenters. The molecule has 0 aliphatic heterocycles. The molecule has 98 valence electrons. The molecule has 6 heteroatoms. The van der Waals surface area contributed by atoms with Crippen molar-refractivity contribution in [2.75, 3.05) is 0 Å². The van der Waals surface area contributed by atoms with Crippen LogP contribution >= 0.6 is 56.5 Å². The molecule has 2 aromatic heterocycles. The molecule has 0 fully saturated rings. The van der Waals surface area contributed by atoms with Crippen molar-refractivity contribution in [3.63, 3.8) is 0 Å². The summed E-state index contributed by atoms with van der Waals surface area (Å²) in [6, 6.07) is 4.96. The van der Waals surface area contributed by atoms with Gasteiger partial charge in [0.15, 0.2) is 0 Å². The quantitative estimate of drug-likeness (QED) is 0.653. The Balaban J connectivity index is 2.00. The minimum Gasteiger partial charge on any atom is -0.320 e. The van der Waals surface area contributed by atoms with Gasteiger partial charge in [0.2, 0.25) is 0 Å². The third kappa shape index (κ3) is 3.91. The van der Waals surface area contributed by atoms with Crippen LogP contribution in [0.1, 0.15) is 23.6 Å². The molecular weight excluding hydrogens is 472 g/mol. The van der Waals surface area contributed by atoms with Crippen LogP contribution in [-0.4, -0.2) is 15.6 Å². The average Bonchev–Trinajstić information content (AvgIpc) is 2.89. The van der Waals surface area contributed by atoms with Gasteiger partial charge in [-0.3, -0.25) is 0 Å². The van der Waals surface area contributed by atoms with Crippen molar-refractivity contribution < 1.29 is 0 Å². The molecule has 2 aromatic rings. The molecule has 0 saturated heterocycles. The summed E-state index contributed by atoms with van der Waals surface area (Å²) in [6.07, 6.45) is 1.91. The Kier molecular flexibility index (Phi) is 5.46. The second-order valence-electron chi connectivity index (χ2n) is 4.36. The Morgan fingerprint density at radius 1 is 1.33 bits per heavy atom. The normalized spacial score (nSPS) is 11.4. The number of hydrogen-bond donors (Lipinski definition) is 1. The number of imidazole rings is 1. The monoisotopic (exact) mass is 487 g/mol. The molecule has 0 aromatic carbocycles. The van der Waals surface area contributed by atoms with Crippen molar-refractivity contribution >= 4 is 56.5 Å². The van der Waals surface area contributed by atoms with E-state index < -0.39 is 0 Å². The second kappa shape index (κ2) is 6.67. The van der Waals surface area contributed by atoms with E-state index in [4.69, 9.17) is 0 Å². The molecule has 0 bridgehead atoms. The highest BCUT2D eigenvalue weighted by molar-refractivity contribution is 14.1. The fourth-order valence-electron chi connectivity index (χ4n) is 1.53. The SMILES string of the molecule is CC(C)NCc1ccc(Cn2cnc(I)c2I)s1. The van der Waals surface area contributed by atoms with Crippen LogP contribution in [0.25, 0.3) is 0 Å². The van der Waals surface area contributed by atoms with E-state index in [2.05, 4.69) is 86.0 Å². The van der Waals surface area contributed by atoms with E-state index in [9.17, 15) is 0 Å². The number of aromatic nitrogens is 2. The summed E-state index contributed by atoms with van der Waals surface area (Å²) in [5.74, 6) is 0. The molecule has 1 N–H and O–H groups in total. The van der Waals surface area contributed by atoms with E-state index in [1.54, 1.807) is 0 Å². The van der Waals surface area contributed by atoms with Gasteiger partial charge in [-0.15, -0.1) is 11.3 Å². The van der Waals surface area contributed by atoms with E-state index >= 15 is 0 Å². The number of hydrogen-bond acceptors (Lipinski definition) is 3. The van der Waals surface area contributed by atoms with E-state index in [0.717, 1.165) is 16.8 Å². The molecule has 0 aliphatic carbocycles.